The Hall–Kier alpha value is -1.31. The van der Waals surface area contributed by atoms with Crippen LogP contribution < -0.4 is 16.0 Å². The maximum absolute atomic E-state index is 12.4. The van der Waals surface area contributed by atoms with Gasteiger partial charge in [-0.05, 0) is 28.8 Å². The Balaban J connectivity index is 0.00000225. The van der Waals surface area contributed by atoms with Gasteiger partial charge in [-0.2, -0.15) is 0 Å². The average molecular weight is 431 g/mol. The van der Waals surface area contributed by atoms with Gasteiger partial charge in [0.1, 0.15) is 5.65 Å². The second-order valence-corrected chi connectivity index (χ2v) is 8.29. The van der Waals surface area contributed by atoms with Crippen LogP contribution in [0.3, 0.4) is 0 Å². The average Bonchev–Trinajstić information content (AvgIpc) is 2.89. The molecule has 0 aliphatic carbocycles. The van der Waals surface area contributed by atoms with Crippen LogP contribution in [0.5, 0.6) is 0 Å². The maximum Gasteiger partial charge on any atom is 0.229 e. The molecule has 1 atom stereocenters. The van der Waals surface area contributed by atoms with Crippen LogP contribution in [0.15, 0.2) is 16.9 Å². The lowest BCUT2D eigenvalue weighted by Gasteiger charge is -2.33. The number of nitrogens with two attached hydrogens (primary N) is 1. The van der Waals surface area contributed by atoms with E-state index in [9.17, 15) is 4.79 Å². The van der Waals surface area contributed by atoms with Gasteiger partial charge in [0.2, 0.25) is 5.91 Å². The Morgan fingerprint density at radius 2 is 2.20 bits per heavy atom. The number of nitrogens with one attached hydrogen (secondary N) is 2. The first kappa shape index (κ1) is 20.0. The Kier molecular flexibility index (Phi) is 6.01. The fraction of sp³-hybridized carbons (Fsp3) is 0.529. The normalized spacial score (nSPS) is 18.1. The predicted octanol–water partition coefficient (Wildman–Crippen LogP) is 3.66. The smallest absolute Gasteiger partial charge is 0.229 e. The van der Waals surface area contributed by atoms with Crippen molar-refractivity contribution < 1.29 is 4.79 Å². The molecule has 2 aromatic rings. The highest BCUT2D eigenvalue weighted by Crippen LogP contribution is 2.39. The lowest BCUT2D eigenvalue weighted by atomic mass is 9.95. The molecular formula is C17H25BrClN5O. The number of hydrogen-bond donors (Lipinski definition) is 3. The molecule has 0 saturated carbocycles. The van der Waals surface area contributed by atoms with E-state index in [4.69, 9.17) is 5.73 Å². The van der Waals surface area contributed by atoms with Crippen molar-refractivity contribution in [2.75, 3.05) is 23.3 Å². The minimum Gasteiger partial charge on any atom is -0.368 e. The van der Waals surface area contributed by atoms with E-state index in [0.717, 1.165) is 52.8 Å². The van der Waals surface area contributed by atoms with Gasteiger partial charge in [-0.3, -0.25) is 4.79 Å². The fourth-order valence-electron chi connectivity index (χ4n) is 2.99. The molecule has 8 heteroatoms. The van der Waals surface area contributed by atoms with Crippen LogP contribution in [-0.4, -0.2) is 35.0 Å². The van der Waals surface area contributed by atoms with Crippen molar-refractivity contribution in [1.29, 1.82) is 0 Å². The highest BCUT2D eigenvalue weighted by atomic mass is 79.9. The van der Waals surface area contributed by atoms with Gasteiger partial charge in [0.15, 0.2) is 0 Å². The van der Waals surface area contributed by atoms with Crippen LogP contribution in [0, 0.1) is 5.41 Å². The molecule has 0 radical (unpaired) electrons. The van der Waals surface area contributed by atoms with Crippen molar-refractivity contribution in [2.24, 2.45) is 11.1 Å². The third kappa shape index (κ3) is 4.10. The molecule has 2 aromatic heterocycles. The van der Waals surface area contributed by atoms with Gasteiger partial charge in [-0.1, -0.05) is 20.8 Å². The number of carbonyl (C=O) groups is 1. The van der Waals surface area contributed by atoms with Gasteiger partial charge >= 0.3 is 0 Å². The van der Waals surface area contributed by atoms with E-state index in [2.05, 4.69) is 36.1 Å². The number of aromatic amines is 1. The molecule has 1 fully saturated rings. The summed E-state index contributed by atoms with van der Waals surface area (Å²) in [5.41, 5.74) is 8.26. The quantitative estimate of drug-likeness (QED) is 0.678. The molecule has 1 unspecified atom stereocenters. The van der Waals surface area contributed by atoms with E-state index in [1.54, 1.807) is 12.4 Å². The zero-order valence-electron chi connectivity index (χ0n) is 14.7. The lowest BCUT2D eigenvalue weighted by Crippen LogP contribution is -2.43. The van der Waals surface area contributed by atoms with Crippen molar-refractivity contribution in [3.63, 3.8) is 0 Å². The fourth-order valence-corrected chi connectivity index (χ4v) is 3.54. The molecule has 3 rings (SSSR count). The number of halogens is 2. The van der Waals surface area contributed by atoms with Crippen LogP contribution in [0.1, 0.15) is 33.6 Å². The number of anilines is 2. The predicted molar refractivity (Wildman–Crippen MR) is 109 cm³/mol. The van der Waals surface area contributed by atoms with Crippen molar-refractivity contribution >= 4 is 56.7 Å². The number of pyridine rings is 1. The molecule has 1 aliphatic heterocycles. The zero-order valence-corrected chi connectivity index (χ0v) is 17.1. The van der Waals surface area contributed by atoms with Crippen LogP contribution in [-0.2, 0) is 4.79 Å². The molecule has 0 spiro atoms. The summed E-state index contributed by atoms with van der Waals surface area (Å²) in [6.07, 6.45) is 5.71. The first-order valence-electron chi connectivity index (χ1n) is 8.25. The zero-order chi connectivity index (χ0) is 17.5. The number of amides is 1. The molecule has 1 aliphatic rings. The van der Waals surface area contributed by atoms with Crippen molar-refractivity contribution in [1.82, 2.24) is 9.97 Å². The third-order valence-corrected chi connectivity index (χ3v) is 4.91. The highest BCUT2D eigenvalue weighted by molar-refractivity contribution is 9.10. The lowest BCUT2D eigenvalue weighted by molar-refractivity contribution is -0.123. The second-order valence-electron chi connectivity index (χ2n) is 7.43. The van der Waals surface area contributed by atoms with Crippen LogP contribution in [0.25, 0.3) is 11.0 Å². The number of fused-ring (bicyclic) bond motifs is 1. The number of nitrogens with zero attached hydrogens (tertiary/aromatic N) is 2. The minimum atomic E-state index is -0.462. The van der Waals surface area contributed by atoms with Gasteiger partial charge in [0, 0.05) is 36.9 Å². The molecular weight excluding hydrogens is 406 g/mol. The number of carbonyl (C=O) groups excluding carboxylic acids is 1. The summed E-state index contributed by atoms with van der Waals surface area (Å²) in [5, 5.41) is 3.96. The highest BCUT2D eigenvalue weighted by Gasteiger charge is 2.26. The van der Waals surface area contributed by atoms with Gasteiger partial charge in [-0.15, -0.1) is 12.4 Å². The van der Waals surface area contributed by atoms with Gasteiger partial charge in [0.25, 0.3) is 0 Å². The SMILES string of the molecule is CC(C)(C)C(=O)Nc1c[nH]c2ncc(Br)c(N3CCCC(N)C3)c12.Cl. The summed E-state index contributed by atoms with van der Waals surface area (Å²) in [5.74, 6) is -0.0235. The van der Waals surface area contributed by atoms with Gasteiger partial charge in [-0.25, -0.2) is 4.98 Å². The van der Waals surface area contributed by atoms with E-state index >= 15 is 0 Å². The standard InChI is InChI=1S/C17H24BrN5O.ClH/c1-17(2,3)16(24)22-12-8-21-15-13(12)14(11(18)7-20-15)23-6-4-5-10(19)9-23;/h7-8,10H,4-6,9,19H2,1-3H3,(H,20,21)(H,22,24);1H. The molecule has 4 N–H and O–H groups in total. The molecule has 1 saturated heterocycles. The van der Waals surface area contributed by atoms with Crippen molar-refractivity contribution in [3.05, 3.63) is 16.9 Å². The number of rotatable bonds is 2. The molecule has 138 valence electrons. The Morgan fingerprint density at radius 1 is 1.48 bits per heavy atom. The summed E-state index contributed by atoms with van der Waals surface area (Å²) in [4.78, 5) is 22.3. The number of H-pyrrole nitrogens is 1. The molecule has 0 aromatic carbocycles. The number of piperidine rings is 1. The summed E-state index contributed by atoms with van der Waals surface area (Å²) in [7, 11) is 0. The topological polar surface area (TPSA) is 87.0 Å². The summed E-state index contributed by atoms with van der Waals surface area (Å²) in [6, 6.07) is 0.167. The summed E-state index contributed by atoms with van der Waals surface area (Å²) in [6.45, 7) is 7.44. The van der Waals surface area contributed by atoms with Crippen molar-refractivity contribution in [2.45, 2.75) is 39.7 Å². The van der Waals surface area contributed by atoms with E-state index in [1.807, 2.05) is 20.8 Å². The van der Waals surface area contributed by atoms with E-state index < -0.39 is 5.41 Å². The van der Waals surface area contributed by atoms with E-state index in [0.29, 0.717) is 0 Å². The first-order chi connectivity index (χ1) is 11.3. The number of aromatic nitrogens is 2. The molecule has 3 heterocycles. The molecule has 6 nitrogen and oxygen atoms in total. The van der Waals surface area contributed by atoms with E-state index in [-0.39, 0.29) is 24.4 Å². The van der Waals surface area contributed by atoms with Crippen LogP contribution in [0.4, 0.5) is 11.4 Å². The molecule has 0 bridgehead atoms. The number of hydrogen-bond acceptors (Lipinski definition) is 4. The van der Waals surface area contributed by atoms with Crippen LogP contribution in [0.2, 0.25) is 0 Å². The Morgan fingerprint density at radius 3 is 2.84 bits per heavy atom. The van der Waals surface area contributed by atoms with Crippen LogP contribution >= 0.6 is 28.3 Å². The largest absolute Gasteiger partial charge is 0.368 e. The van der Waals surface area contributed by atoms with E-state index in [1.165, 1.54) is 0 Å². The third-order valence-electron chi connectivity index (χ3n) is 4.33. The van der Waals surface area contributed by atoms with Crippen molar-refractivity contribution in [3.8, 4) is 0 Å². The molecule has 25 heavy (non-hydrogen) atoms. The Bertz CT molecular complexity index is 770. The van der Waals surface area contributed by atoms with Gasteiger partial charge in [0.05, 0.1) is 21.2 Å². The molecule has 1 amide bonds. The summed E-state index contributed by atoms with van der Waals surface area (Å²) < 4.78 is 0.912. The summed E-state index contributed by atoms with van der Waals surface area (Å²) >= 11 is 3.63. The Labute approximate surface area is 162 Å². The minimum absolute atomic E-state index is 0. The second kappa shape index (κ2) is 7.51. The first-order valence-corrected chi connectivity index (χ1v) is 9.04. The maximum atomic E-state index is 12.4. The van der Waals surface area contributed by atoms with Gasteiger partial charge < -0.3 is 20.9 Å². The monoisotopic (exact) mass is 429 g/mol.